The van der Waals surface area contributed by atoms with Gasteiger partial charge in [-0.2, -0.15) is 13.2 Å². The minimum atomic E-state index is -4.55. The Hall–Kier alpha value is -2.83. The van der Waals surface area contributed by atoms with Gasteiger partial charge in [-0.25, -0.2) is 0 Å². The molecule has 3 rings (SSSR count). The zero-order valence-corrected chi connectivity index (χ0v) is 13.1. The first-order valence-corrected chi connectivity index (χ1v) is 7.70. The van der Waals surface area contributed by atoms with Crippen molar-refractivity contribution in [1.29, 1.82) is 0 Å². The number of halogens is 3. The lowest BCUT2D eigenvalue weighted by Gasteiger charge is -2.17. The molecule has 1 aliphatic heterocycles. The number of para-hydroxylation sites is 1. The van der Waals surface area contributed by atoms with E-state index < -0.39 is 18.5 Å². The van der Waals surface area contributed by atoms with Crippen molar-refractivity contribution in [3.63, 3.8) is 0 Å². The van der Waals surface area contributed by atoms with Crippen LogP contribution < -0.4 is 10.2 Å². The number of benzene rings is 2. The van der Waals surface area contributed by atoms with Crippen LogP contribution in [0.25, 0.3) is 0 Å². The van der Waals surface area contributed by atoms with Gasteiger partial charge in [0.15, 0.2) is 0 Å². The van der Waals surface area contributed by atoms with E-state index in [4.69, 9.17) is 0 Å². The van der Waals surface area contributed by atoms with E-state index in [-0.39, 0.29) is 11.6 Å². The fourth-order valence-corrected chi connectivity index (χ4v) is 2.79. The molecule has 0 aromatic heterocycles. The maximum absolute atomic E-state index is 12.6. The molecule has 130 valence electrons. The predicted molar refractivity (Wildman–Crippen MR) is 87.6 cm³/mol. The number of hydrogen-bond acceptors (Lipinski definition) is 2. The molecule has 2 amide bonds. The Labute approximate surface area is 142 Å². The summed E-state index contributed by atoms with van der Waals surface area (Å²) in [6, 6.07) is 13.5. The van der Waals surface area contributed by atoms with Gasteiger partial charge in [0.1, 0.15) is 6.42 Å². The molecule has 0 fully saturated rings. The summed E-state index contributed by atoms with van der Waals surface area (Å²) in [6.07, 6.45) is -5.31. The molecule has 0 radical (unpaired) electrons. The zero-order chi connectivity index (χ0) is 18.0. The molecule has 1 aliphatic rings. The molecule has 0 aliphatic carbocycles. The maximum Gasteiger partial charge on any atom is 0.397 e. The molecule has 0 atom stereocenters. The van der Waals surface area contributed by atoms with Crippen LogP contribution in [0.15, 0.2) is 48.5 Å². The number of amides is 2. The van der Waals surface area contributed by atoms with E-state index in [0.29, 0.717) is 12.1 Å². The van der Waals surface area contributed by atoms with Gasteiger partial charge >= 0.3 is 6.18 Å². The summed E-state index contributed by atoms with van der Waals surface area (Å²) in [7, 11) is 0. The van der Waals surface area contributed by atoms with Crippen LogP contribution >= 0.6 is 0 Å². The number of nitrogens with one attached hydrogen (secondary N) is 1. The van der Waals surface area contributed by atoms with Crippen LogP contribution in [0.5, 0.6) is 0 Å². The molecule has 25 heavy (non-hydrogen) atoms. The molecule has 7 heteroatoms. The molecule has 1 heterocycles. The van der Waals surface area contributed by atoms with Crippen molar-refractivity contribution < 1.29 is 22.8 Å². The van der Waals surface area contributed by atoms with E-state index in [1.54, 1.807) is 4.90 Å². The lowest BCUT2D eigenvalue weighted by Crippen LogP contribution is -2.28. The third-order valence-corrected chi connectivity index (χ3v) is 3.91. The van der Waals surface area contributed by atoms with Crippen LogP contribution in [0.2, 0.25) is 0 Å². The number of anilines is 2. The summed E-state index contributed by atoms with van der Waals surface area (Å²) in [5.41, 5.74) is 2.60. The lowest BCUT2D eigenvalue weighted by atomic mass is 10.1. The number of carbonyl (C=O) groups is 2. The first kappa shape index (κ1) is 17.0. The van der Waals surface area contributed by atoms with Crippen molar-refractivity contribution in [2.75, 3.05) is 16.8 Å². The fourth-order valence-electron chi connectivity index (χ4n) is 2.79. The highest BCUT2D eigenvalue weighted by molar-refractivity contribution is 6.07. The quantitative estimate of drug-likeness (QED) is 0.918. The number of nitrogens with zero attached hydrogens (tertiary/aromatic N) is 1. The van der Waals surface area contributed by atoms with Crippen molar-refractivity contribution in [2.45, 2.75) is 19.0 Å². The normalized spacial score (nSPS) is 13.5. The van der Waals surface area contributed by atoms with E-state index >= 15 is 0 Å². The summed E-state index contributed by atoms with van der Waals surface area (Å²) in [5, 5.41) is 2.17. The van der Waals surface area contributed by atoms with Gasteiger partial charge in [0.25, 0.3) is 5.91 Å². The van der Waals surface area contributed by atoms with Gasteiger partial charge in [-0.05, 0) is 42.3 Å². The minimum Gasteiger partial charge on any atom is -0.326 e. The lowest BCUT2D eigenvalue weighted by molar-refractivity contribution is -0.150. The summed E-state index contributed by atoms with van der Waals surface area (Å²) < 4.78 is 36.5. The number of fused-ring (bicyclic) bond motifs is 1. The van der Waals surface area contributed by atoms with Crippen LogP contribution in [0.3, 0.4) is 0 Å². The SMILES string of the molecule is O=C(CC(F)(F)F)Nc1ccc(C(=O)N2CCc3ccccc32)cc1. The Kier molecular flexibility index (Phi) is 4.48. The summed E-state index contributed by atoms with van der Waals surface area (Å²) in [4.78, 5) is 25.6. The number of alkyl halides is 3. The van der Waals surface area contributed by atoms with Crippen molar-refractivity contribution in [1.82, 2.24) is 0 Å². The monoisotopic (exact) mass is 348 g/mol. The van der Waals surface area contributed by atoms with Gasteiger partial charge in [0.2, 0.25) is 5.91 Å². The van der Waals surface area contributed by atoms with Crippen molar-refractivity contribution >= 4 is 23.2 Å². The fraction of sp³-hybridized carbons (Fsp3) is 0.222. The highest BCUT2D eigenvalue weighted by Crippen LogP contribution is 2.29. The average molecular weight is 348 g/mol. The third kappa shape index (κ3) is 3.99. The molecule has 2 aromatic rings. The van der Waals surface area contributed by atoms with E-state index in [9.17, 15) is 22.8 Å². The molecule has 0 unspecified atom stereocenters. The molecule has 0 bridgehead atoms. The smallest absolute Gasteiger partial charge is 0.326 e. The maximum atomic E-state index is 12.6. The van der Waals surface area contributed by atoms with Gasteiger partial charge in [-0.1, -0.05) is 18.2 Å². The van der Waals surface area contributed by atoms with Gasteiger partial charge in [-0.15, -0.1) is 0 Å². The van der Waals surface area contributed by atoms with Crippen molar-refractivity contribution in [2.24, 2.45) is 0 Å². The van der Waals surface area contributed by atoms with Crippen LogP contribution in [0.1, 0.15) is 22.3 Å². The Balaban J connectivity index is 1.69. The predicted octanol–water partition coefficient (Wildman–Crippen LogP) is 3.78. The molecular formula is C18H15F3N2O2. The Bertz CT molecular complexity index is 801. The molecule has 0 spiro atoms. The Morgan fingerprint density at radius 1 is 1.04 bits per heavy atom. The molecular weight excluding hydrogens is 333 g/mol. The number of rotatable bonds is 3. The summed E-state index contributed by atoms with van der Waals surface area (Å²) in [6.45, 7) is 0.586. The first-order chi connectivity index (χ1) is 11.8. The zero-order valence-electron chi connectivity index (χ0n) is 13.1. The second kappa shape index (κ2) is 6.58. The molecule has 2 aromatic carbocycles. The largest absolute Gasteiger partial charge is 0.397 e. The van der Waals surface area contributed by atoms with E-state index in [0.717, 1.165) is 17.7 Å². The second-order valence-electron chi connectivity index (χ2n) is 5.75. The standard InChI is InChI=1S/C18H15F3N2O2/c19-18(20,21)11-16(24)22-14-7-5-13(6-8-14)17(25)23-10-9-12-3-1-2-4-15(12)23/h1-8H,9-11H2,(H,22,24). The average Bonchev–Trinajstić information content (AvgIpc) is 2.97. The topological polar surface area (TPSA) is 49.4 Å². The Morgan fingerprint density at radius 3 is 2.40 bits per heavy atom. The molecule has 0 saturated carbocycles. The van der Waals surface area contributed by atoms with Crippen molar-refractivity contribution in [3.8, 4) is 0 Å². The number of hydrogen-bond donors (Lipinski definition) is 1. The highest BCUT2D eigenvalue weighted by Gasteiger charge is 2.31. The molecule has 4 nitrogen and oxygen atoms in total. The van der Waals surface area contributed by atoms with Crippen LogP contribution in [0.4, 0.5) is 24.5 Å². The Morgan fingerprint density at radius 2 is 1.72 bits per heavy atom. The van der Waals surface area contributed by atoms with Crippen LogP contribution in [0, 0.1) is 0 Å². The van der Waals surface area contributed by atoms with E-state index in [2.05, 4.69) is 5.32 Å². The summed E-state index contributed by atoms with van der Waals surface area (Å²) >= 11 is 0. The van der Waals surface area contributed by atoms with E-state index in [1.807, 2.05) is 24.3 Å². The van der Waals surface area contributed by atoms with Crippen LogP contribution in [-0.2, 0) is 11.2 Å². The highest BCUT2D eigenvalue weighted by atomic mass is 19.4. The molecule has 1 N–H and O–H groups in total. The minimum absolute atomic E-state index is 0.182. The van der Waals surface area contributed by atoms with E-state index in [1.165, 1.54) is 24.3 Å². The molecule has 0 saturated heterocycles. The summed E-state index contributed by atoms with van der Waals surface area (Å²) in [5.74, 6) is -1.32. The van der Waals surface area contributed by atoms with Gasteiger partial charge < -0.3 is 10.2 Å². The van der Waals surface area contributed by atoms with Gasteiger partial charge in [0.05, 0.1) is 0 Å². The van der Waals surface area contributed by atoms with Gasteiger partial charge in [0, 0.05) is 23.5 Å². The van der Waals surface area contributed by atoms with Crippen LogP contribution in [-0.4, -0.2) is 24.5 Å². The number of carbonyl (C=O) groups excluding carboxylic acids is 2. The second-order valence-corrected chi connectivity index (χ2v) is 5.75. The first-order valence-electron chi connectivity index (χ1n) is 7.70. The van der Waals surface area contributed by atoms with Gasteiger partial charge in [-0.3, -0.25) is 9.59 Å². The third-order valence-electron chi connectivity index (χ3n) is 3.91. The van der Waals surface area contributed by atoms with Crippen molar-refractivity contribution in [3.05, 3.63) is 59.7 Å².